The van der Waals surface area contributed by atoms with Crippen molar-refractivity contribution in [3.05, 3.63) is 35.4 Å². The van der Waals surface area contributed by atoms with Gasteiger partial charge < -0.3 is 10.6 Å². The summed E-state index contributed by atoms with van der Waals surface area (Å²) in [6.07, 6.45) is 6.61. The number of rotatable bonds is 6. The summed E-state index contributed by atoms with van der Waals surface area (Å²) < 4.78 is 0. The summed E-state index contributed by atoms with van der Waals surface area (Å²) in [5, 5.41) is 5.15. The molecule has 0 bridgehead atoms. The fourth-order valence-electron chi connectivity index (χ4n) is 2.82. The highest BCUT2D eigenvalue weighted by atomic mass is 16.1. The molecule has 0 unspecified atom stereocenters. The van der Waals surface area contributed by atoms with E-state index in [0.717, 1.165) is 13.1 Å². The number of nitrogens with one attached hydrogen (secondary N) is 1. The lowest BCUT2D eigenvalue weighted by Gasteiger charge is -2.21. The highest BCUT2D eigenvalue weighted by Crippen LogP contribution is 2.22. The number of aryl methyl sites for hydroxylation is 1. The average Bonchev–Trinajstić information content (AvgIpc) is 2.48. The normalized spacial score (nSPS) is 16.1. The van der Waals surface area contributed by atoms with Gasteiger partial charge in [-0.15, -0.1) is 0 Å². The van der Waals surface area contributed by atoms with E-state index in [4.69, 9.17) is 0 Å². The first kappa shape index (κ1) is 15.0. The van der Waals surface area contributed by atoms with Crippen LogP contribution in [0.1, 0.15) is 43.2 Å². The fraction of sp³-hybridized carbons (Fsp3) is 0.588. The zero-order chi connectivity index (χ0) is 14.2. The Morgan fingerprint density at radius 2 is 1.90 bits per heavy atom. The molecule has 110 valence electrons. The first-order chi connectivity index (χ1) is 9.74. The minimum atomic E-state index is 0.169. The summed E-state index contributed by atoms with van der Waals surface area (Å²) in [4.78, 5) is 11.8. The molecule has 3 nitrogen and oxygen atoms in total. The zero-order valence-electron chi connectivity index (χ0n) is 12.5. The Morgan fingerprint density at radius 1 is 1.20 bits per heavy atom. The SMILES string of the molecule is Cc1ccc(C[NH2+]CC(=O)NCC2CCCCC2)cc1. The molecule has 0 saturated heterocycles. The first-order valence-electron chi connectivity index (χ1n) is 7.88. The van der Waals surface area contributed by atoms with Crippen molar-refractivity contribution in [2.45, 2.75) is 45.6 Å². The molecular weight excluding hydrogens is 248 g/mol. The standard InChI is InChI=1S/C17H26N2O/c1-14-7-9-16(10-8-14)11-18-13-17(20)19-12-15-5-3-2-4-6-15/h7-10,15,18H,2-6,11-13H2,1H3,(H,19,20)/p+1. The molecule has 20 heavy (non-hydrogen) atoms. The van der Waals surface area contributed by atoms with Gasteiger partial charge in [-0.1, -0.05) is 49.1 Å². The van der Waals surface area contributed by atoms with Crippen molar-refractivity contribution in [2.75, 3.05) is 13.1 Å². The molecule has 3 heteroatoms. The Labute approximate surface area is 122 Å². The second-order valence-corrected chi connectivity index (χ2v) is 5.99. The second-order valence-electron chi connectivity index (χ2n) is 5.99. The van der Waals surface area contributed by atoms with E-state index in [2.05, 4.69) is 41.8 Å². The van der Waals surface area contributed by atoms with Gasteiger partial charge in [0.25, 0.3) is 5.91 Å². The number of hydrogen-bond acceptors (Lipinski definition) is 1. The zero-order valence-corrected chi connectivity index (χ0v) is 12.5. The Hall–Kier alpha value is -1.35. The molecule has 0 atom stereocenters. The highest BCUT2D eigenvalue weighted by molar-refractivity contribution is 5.76. The van der Waals surface area contributed by atoms with Crippen LogP contribution < -0.4 is 10.6 Å². The maximum atomic E-state index is 11.8. The monoisotopic (exact) mass is 275 g/mol. The predicted octanol–water partition coefficient (Wildman–Crippen LogP) is 1.75. The molecule has 1 aliphatic carbocycles. The van der Waals surface area contributed by atoms with Crippen LogP contribution in [-0.4, -0.2) is 19.0 Å². The number of carbonyl (C=O) groups excluding carboxylic acids is 1. The molecule has 1 amide bonds. The largest absolute Gasteiger partial charge is 0.351 e. The quantitative estimate of drug-likeness (QED) is 0.816. The minimum Gasteiger partial charge on any atom is -0.351 e. The summed E-state index contributed by atoms with van der Waals surface area (Å²) in [6.45, 7) is 4.36. The van der Waals surface area contributed by atoms with E-state index in [1.165, 1.54) is 43.2 Å². The van der Waals surface area contributed by atoms with E-state index in [1.54, 1.807) is 0 Å². The molecule has 1 aliphatic rings. The van der Waals surface area contributed by atoms with Crippen molar-refractivity contribution in [1.29, 1.82) is 0 Å². The number of carbonyl (C=O) groups is 1. The molecule has 0 aromatic heterocycles. The van der Waals surface area contributed by atoms with Gasteiger partial charge in [-0.3, -0.25) is 4.79 Å². The van der Waals surface area contributed by atoms with Gasteiger partial charge in [-0.05, 0) is 25.7 Å². The first-order valence-corrected chi connectivity index (χ1v) is 7.88. The lowest BCUT2D eigenvalue weighted by Crippen LogP contribution is -2.85. The third-order valence-corrected chi connectivity index (χ3v) is 4.14. The van der Waals surface area contributed by atoms with Crippen LogP contribution in [0.3, 0.4) is 0 Å². The molecular formula is C17H27N2O+. The molecule has 1 fully saturated rings. The van der Waals surface area contributed by atoms with E-state index in [-0.39, 0.29) is 5.91 Å². The van der Waals surface area contributed by atoms with E-state index < -0.39 is 0 Å². The van der Waals surface area contributed by atoms with Crippen LogP contribution in [0, 0.1) is 12.8 Å². The van der Waals surface area contributed by atoms with E-state index >= 15 is 0 Å². The third kappa shape index (κ3) is 5.33. The number of quaternary nitrogens is 1. The predicted molar refractivity (Wildman–Crippen MR) is 81.3 cm³/mol. The Bertz CT molecular complexity index is 408. The van der Waals surface area contributed by atoms with Gasteiger partial charge in [0.05, 0.1) is 0 Å². The molecule has 0 spiro atoms. The maximum Gasteiger partial charge on any atom is 0.275 e. The van der Waals surface area contributed by atoms with Gasteiger partial charge in [0.2, 0.25) is 0 Å². The number of nitrogens with two attached hydrogens (primary N) is 1. The summed E-state index contributed by atoms with van der Waals surface area (Å²) in [5.74, 6) is 0.882. The highest BCUT2D eigenvalue weighted by Gasteiger charge is 2.14. The van der Waals surface area contributed by atoms with Crippen molar-refractivity contribution in [3.8, 4) is 0 Å². The minimum absolute atomic E-state index is 0.169. The van der Waals surface area contributed by atoms with Gasteiger partial charge in [0, 0.05) is 12.1 Å². The number of amides is 1. The third-order valence-electron chi connectivity index (χ3n) is 4.14. The van der Waals surface area contributed by atoms with Crippen LogP contribution in [-0.2, 0) is 11.3 Å². The maximum absolute atomic E-state index is 11.8. The molecule has 1 aromatic rings. The second kappa shape index (κ2) is 8.05. The van der Waals surface area contributed by atoms with Gasteiger partial charge in [-0.25, -0.2) is 0 Å². The van der Waals surface area contributed by atoms with Crippen molar-refractivity contribution < 1.29 is 10.1 Å². The molecule has 3 N–H and O–H groups in total. The molecule has 1 aromatic carbocycles. The molecule has 1 saturated carbocycles. The van der Waals surface area contributed by atoms with Crippen LogP contribution in [0.2, 0.25) is 0 Å². The van der Waals surface area contributed by atoms with Crippen molar-refractivity contribution in [3.63, 3.8) is 0 Å². The fourth-order valence-corrected chi connectivity index (χ4v) is 2.82. The van der Waals surface area contributed by atoms with Crippen LogP contribution in [0.15, 0.2) is 24.3 Å². The van der Waals surface area contributed by atoms with Crippen LogP contribution in [0.4, 0.5) is 0 Å². The van der Waals surface area contributed by atoms with E-state index in [1.807, 2.05) is 0 Å². The molecule has 0 radical (unpaired) electrons. The summed E-state index contributed by atoms with van der Waals surface area (Å²) >= 11 is 0. The van der Waals surface area contributed by atoms with Gasteiger partial charge in [-0.2, -0.15) is 0 Å². The van der Waals surface area contributed by atoms with Crippen molar-refractivity contribution >= 4 is 5.91 Å². The van der Waals surface area contributed by atoms with E-state index in [9.17, 15) is 4.79 Å². The van der Waals surface area contributed by atoms with Gasteiger partial charge in [0.15, 0.2) is 6.54 Å². The molecule has 0 aliphatic heterocycles. The summed E-state index contributed by atoms with van der Waals surface area (Å²) in [7, 11) is 0. The van der Waals surface area contributed by atoms with Crippen LogP contribution >= 0.6 is 0 Å². The Balaban J connectivity index is 1.58. The van der Waals surface area contributed by atoms with Crippen molar-refractivity contribution in [1.82, 2.24) is 5.32 Å². The number of benzene rings is 1. The number of hydrogen-bond donors (Lipinski definition) is 2. The summed E-state index contributed by atoms with van der Waals surface area (Å²) in [6, 6.07) is 8.50. The van der Waals surface area contributed by atoms with Gasteiger partial charge >= 0.3 is 0 Å². The Kier molecular flexibility index (Phi) is 6.06. The average molecular weight is 275 g/mol. The Morgan fingerprint density at radius 3 is 2.60 bits per heavy atom. The topological polar surface area (TPSA) is 45.7 Å². The van der Waals surface area contributed by atoms with Crippen molar-refractivity contribution in [2.24, 2.45) is 5.92 Å². The lowest BCUT2D eigenvalue weighted by molar-refractivity contribution is -0.660. The lowest BCUT2D eigenvalue weighted by atomic mass is 9.89. The summed E-state index contributed by atoms with van der Waals surface area (Å²) in [5.41, 5.74) is 2.55. The molecule has 2 rings (SSSR count). The van der Waals surface area contributed by atoms with Gasteiger partial charge in [0.1, 0.15) is 6.54 Å². The van der Waals surface area contributed by atoms with Crippen LogP contribution in [0.25, 0.3) is 0 Å². The van der Waals surface area contributed by atoms with E-state index in [0.29, 0.717) is 12.5 Å². The van der Waals surface area contributed by atoms with Crippen LogP contribution in [0.5, 0.6) is 0 Å². The smallest absolute Gasteiger partial charge is 0.275 e. The molecule has 0 heterocycles.